The van der Waals surface area contributed by atoms with Gasteiger partial charge in [-0.15, -0.1) is 0 Å². The van der Waals surface area contributed by atoms with Crippen LogP contribution < -0.4 is 5.32 Å². The first-order valence-corrected chi connectivity index (χ1v) is 9.35. The number of hydrogen-bond acceptors (Lipinski definition) is 4. The summed E-state index contributed by atoms with van der Waals surface area (Å²) in [7, 11) is 0. The third kappa shape index (κ3) is 3.05. The zero-order valence-corrected chi connectivity index (χ0v) is 16.0. The third-order valence-corrected chi connectivity index (χ3v) is 5.04. The summed E-state index contributed by atoms with van der Waals surface area (Å²) in [5.74, 6) is 1.41. The van der Waals surface area contributed by atoms with E-state index in [1.165, 1.54) is 6.33 Å². The fraction of sp³-hybridized carbons (Fsp3) is 0. The first-order valence-electron chi connectivity index (χ1n) is 8.59. The van der Waals surface area contributed by atoms with Gasteiger partial charge < -0.3 is 10.3 Å². The van der Waals surface area contributed by atoms with Gasteiger partial charge in [-0.25, -0.2) is 15.0 Å². The summed E-state index contributed by atoms with van der Waals surface area (Å²) in [6.07, 6.45) is 1.51. The maximum Gasteiger partial charge on any atom is 0.141 e. The van der Waals surface area contributed by atoms with Crippen molar-refractivity contribution in [1.29, 1.82) is 0 Å². The van der Waals surface area contributed by atoms with Gasteiger partial charge in [-0.2, -0.15) is 0 Å². The highest BCUT2D eigenvalue weighted by Gasteiger charge is 2.11. The Bertz CT molecular complexity index is 1300. The third-order valence-electron chi connectivity index (χ3n) is 4.47. The molecule has 0 aliphatic rings. The van der Waals surface area contributed by atoms with Crippen molar-refractivity contribution in [1.82, 2.24) is 19.9 Å². The van der Waals surface area contributed by atoms with Crippen LogP contribution in [0.5, 0.6) is 0 Å². The summed E-state index contributed by atoms with van der Waals surface area (Å²) in [5.41, 5.74) is 4.28. The van der Waals surface area contributed by atoms with Gasteiger partial charge in [-0.1, -0.05) is 35.3 Å². The molecular weight excluding hydrogens is 393 g/mol. The molecule has 0 unspecified atom stereocenters. The fourth-order valence-corrected chi connectivity index (χ4v) is 3.50. The molecule has 7 heteroatoms. The Kier molecular flexibility index (Phi) is 4.11. The van der Waals surface area contributed by atoms with Crippen LogP contribution in [0, 0.1) is 0 Å². The molecule has 136 valence electrons. The van der Waals surface area contributed by atoms with E-state index in [2.05, 4.69) is 25.3 Å². The van der Waals surface area contributed by atoms with Crippen LogP contribution in [0.3, 0.4) is 0 Å². The van der Waals surface area contributed by atoms with Gasteiger partial charge in [-0.05, 0) is 48.5 Å². The second-order valence-corrected chi connectivity index (χ2v) is 7.15. The van der Waals surface area contributed by atoms with Gasteiger partial charge in [0.15, 0.2) is 0 Å². The highest BCUT2D eigenvalue weighted by Crippen LogP contribution is 2.32. The van der Waals surface area contributed by atoms with Gasteiger partial charge in [-0.3, -0.25) is 0 Å². The minimum Gasteiger partial charge on any atom is -0.340 e. The molecule has 0 fully saturated rings. The molecular formula is C21H13Cl2N5. The molecule has 2 aromatic heterocycles. The molecule has 0 spiro atoms. The van der Waals surface area contributed by atoms with Crippen molar-refractivity contribution in [2.45, 2.75) is 0 Å². The molecule has 5 aromatic rings. The van der Waals surface area contributed by atoms with Crippen molar-refractivity contribution in [3.05, 3.63) is 77.0 Å². The quantitative estimate of drug-likeness (QED) is 0.373. The van der Waals surface area contributed by atoms with E-state index in [9.17, 15) is 0 Å². The number of para-hydroxylation sites is 2. The number of rotatable bonds is 3. The number of hydrogen-bond donors (Lipinski definition) is 2. The summed E-state index contributed by atoms with van der Waals surface area (Å²) in [5, 5.41) is 5.47. The van der Waals surface area contributed by atoms with Gasteiger partial charge in [0.1, 0.15) is 18.0 Å². The molecule has 5 nitrogen and oxygen atoms in total. The molecule has 0 aliphatic carbocycles. The van der Waals surface area contributed by atoms with Gasteiger partial charge >= 0.3 is 0 Å². The topological polar surface area (TPSA) is 66.5 Å². The van der Waals surface area contributed by atoms with Crippen molar-refractivity contribution < 1.29 is 0 Å². The van der Waals surface area contributed by atoms with Crippen LogP contribution in [-0.4, -0.2) is 19.9 Å². The zero-order chi connectivity index (χ0) is 19.1. The molecule has 0 saturated heterocycles. The van der Waals surface area contributed by atoms with Crippen molar-refractivity contribution >= 4 is 56.6 Å². The number of aromatic nitrogens is 4. The Morgan fingerprint density at radius 2 is 1.75 bits per heavy atom. The number of imidazole rings is 1. The second-order valence-electron chi connectivity index (χ2n) is 6.31. The number of aromatic amines is 1. The Morgan fingerprint density at radius 3 is 2.64 bits per heavy atom. The normalized spacial score (nSPS) is 11.2. The molecule has 0 bridgehead atoms. The van der Waals surface area contributed by atoms with E-state index in [1.54, 1.807) is 0 Å². The Hall–Kier alpha value is -3.15. The SMILES string of the molecule is Clc1ccc2c(Nc3ccc(Cl)c(-c4nc5ccccc5[nH]4)c3)ncnc2c1. The molecule has 2 heterocycles. The molecule has 0 aliphatic heterocycles. The van der Waals surface area contributed by atoms with Crippen molar-refractivity contribution in [2.24, 2.45) is 0 Å². The minimum atomic E-state index is 0.615. The van der Waals surface area contributed by atoms with Crippen LogP contribution in [0.25, 0.3) is 33.3 Å². The van der Waals surface area contributed by atoms with E-state index in [4.69, 9.17) is 23.2 Å². The van der Waals surface area contributed by atoms with Gasteiger partial charge in [0.05, 0.1) is 21.6 Å². The van der Waals surface area contributed by atoms with Crippen molar-refractivity contribution in [2.75, 3.05) is 5.32 Å². The van der Waals surface area contributed by atoms with Crippen LogP contribution in [0.4, 0.5) is 11.5 Å². The van der Waals surface area contributed by atoms with Gasteiger partial charge in [0.25, 0.3) is 0 Å². The molecule has 2 N–H and O–H groups in total. The number of anilines is 2. The standard InChI is InChI=1S/C21H13Cl2N5/c22-12-5-7-14-19(9-12)24-11-25-20(14)26-13-6-8-16(23)15(10-13)21-27-17-3-1-2-4-18(17)28-21/h1-11H,(H,27,28)(H,24,25,26). The van der Waals surface area contributed by atoms with Crippen LogP contribution in [0.1, 0.15) is 0 Å². The van der Waals surface area contributed by atoms with E-state index < -0.39 is 0 Å². The summed E-state index contributed by atoms with van der Waals surface area (Å²) in [6.45, 7) is 0. The molecule has 5 rings (SSSR count). The van der Waals surface area contributed by atoms with E-state index in [-0.39, 0.29) is 0 Å². The number of nitrogens with zero attached hydrogens (tertiary/aromatic N) is 3. The Labute approximate surface area is 170 Å². The van der Waals surface area contributed by atoms with E-state index in [1.807, 2.05) is 60.7 Å². The Balaban J connectivity index is 1.56. The molecule has 28 heavy (non-hydrogen) atoms. The number of halogens is 2. The Morgan fingerprint density at radius 1 is 0.857 bits per heavy atom. The van der Waals surface area contributed by atoms with Crippen LogP contribution in [0.15, 0.2) is 67.0 Å². The number of fused-ring (bicyclic) bond motifs is 2. The van der Waals surface area contributed by atoms with Crippen molar-refractivity contribution in [3.63, 3.8) is 0 Å². The van der Waals surface area contributed by atoms with Gasteiger partial charge in [0, 0.05) is 21.7 Å². The first kappa shape index (κ1) is 17.0. The number of nitrogens with one attached hydrogen (secondary N) is 2. The summed E-state index contributed by atoms with van der Waals surface area (Å²) in [4.78, 5) is 16.6. The number of benzene rings is 3. The monoisotopic (exact) mass is 405 g/mol. The van der Waals surface area contributed by atoms with E-state index >= 15 is 0 Å². The summed E-state index contributed by atoms with van der Waals surface area (Å²) < 4.78 is 0. The fourth-order valence-electron chi connectivity index (χ4n) is 3.13. The van der Waals surface area contributed by atoms with Crippen LogP contribution in [-0.2, 0) is 0 Å². The lowest BCUT2D eigenvalue weighted by molar-refractivity contribution is 1.22. The highest BCUT2D eigenvalue weighted by atomic mass is 35.5. The predicted molar refractivity (Wildman–Crippen MR) is 114 cm³/mol. The zero-order valence-electron chi connectivity index (χ0n) is 14.4. The summed E-state index contributed by atoms with van der Waals surface area (Å²) in [6, 6.07) is 19.1. The smallest absolute Gasteiger partial charge is 0.141 e. The number of H-pyrrole nitrogens is 1. The average molecular weight is 406 g/mol. The predicted octanol–water partition coefficient (Wildman–Crippen LogP) is 6.22. The van der Waals surface area contributed by atoms with Crippen LogP contribution >= 0.6 is 23.2 Å². The van der Waals surface area contributed by atoms with E-state index in [0.29, 0.717) is 21.7 Å². The largest absolute Gasteiger partial charge is 0.340 e. The molecule has 0 amide bonds. The average Bonchev–Trinajstić information content (AvgIpc) is 3.13. The molecule has 0 atom stereocenters. The van der Waals surface area contributed by atoms with Crippen molar-refractivity contribution in [3.8, 4) is 11.4 Å². The lowest BCUT2D eigenvalue weighted by Gasteiger charge is -2.10. The lowest BCUT2D eigenvalue weighted by atomic mass is 10.1. The highest BCUT2D eigenvalue weighted by molar-refractivity contribution is 6.33. The summed E-state index contributed by atoms with van der Waals surface area (Å²) >= 11 is 12.5. The first-order chi connectivity index (χ1) is 13.7. The van der Waals surface area contributed by atoms with E-state index in [0.717, 1.165) is 33.2 Å². The second kappa shape index (κ2) is 6.78. The lowest BCUT2D eigenvalue weighted by Crippen LogP contribution is -1.96. The van der Waals surface area contributed by atoms with Gasteiger partial charge in [0.2, 0.25) is 0 Å². The molecule has 3 aromatic carbocycles. The maximum atomic E-state index is 6.45. The molecule has 0 radical (unpaired) electrons. The molecule has 0 saturated carbocycles. The van der Waals surface area contributed by atoms with Crippen LogP contribution in [0.2, 0.25) is 10.0 Å². The minimum absolute atomic E-state index is 0.615. The maximum absolute atomic E-state index is 6.45.